The van der Waals surface area contributed by atoms with Crippen LogP contribution in [0.2, 0.25) is 0 Å². The van der Waals surface area contributed by atoms with E-state index in [1.165, 1.54) is 7.11 Å². The summed E-state index contributed by atoms with van der Waals surface area (Å²) in [6.07, 6.45) is 1.66. The number of ether oxygens (including phenoxy) is 1. The van der Waals surface area contributed by atoms with Crippen molar-refractivity contribution in [3.63, 3.8) is 0 Å². The second kappa shape index (κ2) is 3.77. The van der Waals surface area contributed by atoms with Crippen molar-refractivity contribution in [3.05, 3.63) is 29.7 Å². The number of benzene rings is 1. The number of amides is 1. The molecule has 1 amide bonds. The van der Waals surface area contributed by atoms with Crippen molar-refractivity contribution in [1.29, 1.82) is 0 Å². The lowest BCUT2D eigenvalue weighted by Gasteiger charge is -2.07. The van der Waals surface area contributed by atoms with E-state index >= 15 is 0 Å². The molecular weight excluding hydrogens is 206 g/mol. The molecule has 0 atom stereocenters. The van der Waals surface area contributed by atoms with Crippen molar-refractivity contribution >= 4 is 16.8 Å². The Balaban J connectivity index is 2.75. The second-order valence-electron chi connectivity index (χ2n) is 3.39. The van der Waals surface area contributed by atoms with E-state index in [9.17, 15) is 4.79 Å². The molecule has 0 spiro atoms. The number of aromatic nitrogens is 2. The van der Waals surface area contributed by atoms with Crippen molar-refractivity contribution in [3.8, 4) is 5.75 Å². The van der Waals surface area contributed by atoms with E-state index in [4.69, 9.17) is 10.5 Å². The van der Waals surface area contributed by atoms with Gasteiger partial charge < -0.3 is 10.5 Å². The number of aryl methyl sites for hydroxylation is 1. The first kappa shape index (κ1) is 10.4. The average Bonchev–Trinajstić information content (AvgIpc) is 2.26. The lowest BCUT2D eigenvalue weighted by Crippen LogP contribution is -2.12. The highest BCUT2D eigenvalue weighted by Crippen LogP contribution is 2.24. The molecule has 0 bridgehead atoms. The second-order valence-corrected chi connectivity index (χ2v) is 3.39. The van der Waals surface area contributed by atoms with E-state index in [1.807, 2.05) is 0 Å². The number of fused-ring (bicyclic) bond motifs is 1. The minimum absolute atomic E-state index is 0.336. The summed E-state index contributed by atoms with van der Waals surface area (Å²) in [7, 11) is 1.49. The predicted molar refractivity (Wildman–Crippen MR) is 59.3 cm³/mol. The van der Waals surface area contributed by atoms with Crippen LogP contribution in [0.15, 0.2) is 18.3 Å². The zero-order valence-corrected chi connectivity index (χ0v) is 9.02. The molecule has 0 unspecified atom stereocenters. The zero-order valence-electron chi connectivity index (χ0n) is 9.02. The molecule has 0 fully saturated rings. The molecule has 0 saturated heterocycles. The first-order valence-corrected chi connectivity index (χ1v) is 4.73. The first-order chi connectivity index (χ1) is 7.61. The molecule has 0 aliphatic rings. The van der Waals surface area contributed by atoms with Crippen molar-refractivity contribution in [2.24, 2.45) is 5.73 Å². The summed E-state index contributed by atoms with van der Waals surface area (Å²) >= 11 is 0. The number of nitrogens with zero attached hydrogens (tertiary/aromatic N) is 2. The zero-order chi connectivity index (χ0) is 11.7. The van der Waals surface area contributed by atoms with E-state index in [2.05, 4.69) is 9.97 Å². The molecule has 2 N–H and O–H groups in total. The molecular formula is C11H11N3O2. The van der Waals surface area contributed by atoms with Crippen LogP contribution in [0, 0.1) is 6.92 Å². The maximum atomic E-state index is 11.2. The molecule has 16 heavy (non-hydrogen) atoms. The van der Waals surface area contributed by atoms with Crippen LogP contribution in [0.1, 0.15) is 16.2 Å². The van der Waals surface area contributed by atoms with Gasteiger partial charge in [-0.3, -0.25) is 4.79 Å². The van der Waals surface area contributed by atoms with Crippen LogP contribution in [0.5, 0.6) is 5.75 Å². The predicted octanol–water partition coefficient (Wildman–Crippen LogP) is 1.05. The van der Waals surface area contributed by atoms with Gasteiger partial charge in [-0.1, -0.05) is 0 Å². The summed E-state index contributed by atoms with van der Waals surface area (Å²) in [5.41, 5.74) is 6.32. The quantitative estimate of drug-likeness (QED) is 0.815. The standard InChI is InChI=1S/C11H11N3O2/c1-6-13-5-7-3-8(11(12)15)10(16-2)4-9(7)14-6/h3-5H,1-2H3,(H2,12,15). The largest absolute Gasteiger partial charge is 0.496 e. The van der Waals surface area contributed by atoms with Gasteiger partial charge in [0, 0.05) is 17.6 Å². The molecule has 2 rings (SSSR count). The summed E-state index contributed by atoms with van der Waals surface area (Å²) < 4.78 is 5.09. The minimum Gasteiger partial charge on any atom is -0.496 e. The van der Waals surface area contributed by atoms with E-state index in [-0.39, 0.29) is 0 Å². The van der Waals surface area contributed by atoms with E-state index in [0.717, 1.165) is 10.9 Å². The van der Waals surface area contributed by atoms with Gasteiger partial charge in [-0.2, -0.15) is 0 Å². The normalized spacial score (nSPS) is 10.4. The van der Waals surface area contributed by atoms with Crippen LogP contribution < -0.4 is 10.5 Å². The molecule has 1 aromatic heterocycles. The monoisotopic (exact) mass is 217 g/mol. The number of hydrogen-bond acceptors (Lipinski definition) is 4. The average molecular weight is 217 g/mol. The van der Waals surface area contributed by atoms with Gasteiger partial charge in [-0.05, 0) is 13.0 Å². The Bertz CT molecular complexity index is 566. The molecule has 2 aromatic rings. The van der Waals surface area contributed by atoms with Gasteiger partial charge in [0.15, 0.2) is 0 Å². The lowest BCUT2D eigenvalue weighted by molar-refractivity contribution is 0.0997. The first-order valence-electron chi connectivity index (χ1n) is 4.73. The van der Waals surface area contributed by atoms with Crippen LogP contribution in [-0.2, 0) is 0 Å². The molecule has 1 aromatic carbocycles. The van der Waals surface area contributed by atoms with Crippen LogP contribution >= 0.6 is 0 Å². The third-order valence-electron chi connectivity index (χ3n) is 2.29. The number of rotatable bonds is 2. The summed E-state index contributed by atoms with van der Waals surface area (Å²) in [6, 6.07) is 3.32. The molecule has 82 valence electrons. The highest BCUT2D eigenvalue weighted by molar-refractivity contribution is 5.99. The van der Waals surface area contributed by atoms with Gasteiger partial charge in [-0.25, -0.2) is 9.97 Å². The number of carbonyl (C=O) groups excluding carboxylic acids is 1. The van der Waals surface area contributed by atoms with Crippen molar-refractivity contribution in [2.45, 2.75) is 6.92 Å². The molecule has 0 aliphatic carbocycles. The minimum atomic E-state index is -0.528. The maximum absolute atomic E-state index is 11.2. The van der Waals surface area contributed by atoms with Crippen LogP contribution in [0.25, 0.3) is 10.9 Å². The van der Waals surface area contributed by atoms with Crippen LogP contribution in [0.4, 0.5) is 0 Å². The van der Waals surface area contributed by atoms with Gasteiger partial charge >= 0.3 is 0 Å². The third-order valence-corrected chi connectivity index (χ3v) is 2.29. The Hall–Kier alpha value is -2.17. The Morgan fingerprint density at radius 1 is 1.44 bits per heavy atom. The van der Waals surface area contributed by atoms with E-state index < -0.39 is 5.91 Å². The third kappa shape index (κ3) is 1.67. The van der Waals surface area contributed by atoms with Gasteiger partial charge in [0.2, 0.25) is 0 Å². The topological polar surface area (TPSA) is 78.1 Å². The number of nitrogens with two attached hydrogens (primary N) is 1. The van der Waals surface area contributed by atoms with Gasteiger partial charge in [-0.15, -0.1) is 0 Å². The number of carbonyl (C=O) groups is 1. The van der Waals surface area contributed by atoms with E-state index in [0.29, 0.717) is 17.1 Å². The molecule has 0 aliphatic heterocycles. The summed E-state index contributed by atoms with van der Waals surface area (Å²) in [6.45, 7) is 1.80. The Kier molecular flexibility index (Phi) is 2.44. The Morgan fingerprint density at radius 3 is 2.81 bits per heavy atom. The van der Waals surface area contributed by atoms with Crippen LogP contribution in [-0.4, -0.2) is 23.0 Å². The number of primary amides is 1. The van der Waals surface area contributed by atoms with Crippen molar-refractivity contribution in [2.75, 3.05) is 7.11 Å². The fourth-order valence-electron chi connectivity index (χ4n) is 1.51. The van der Waals surface area contributed by atoms with Crippen LogP contribution in [0.3, 0.4) is 0 Å². The SMILES string of the molecule is COc1cc2nc(C)ncc2cc1C(N)=O. The maximum Gasteiger partial charge on any atom is 0.252 e. The summed E-state index contributed by atoms with van der Waals surface area (Å²) in [4.78, 5) is 19.5. The molecule has 5 nitrogen and oxygen atoms in total. The molecule has 1 heterocycles. The number of methoxy groups -OCH3 is 1. The van der Waals surface area contributed by atoms with Crippen molar-refractivity contribution < 1.29 is 9.53 Å². The summed E-state index contributed by atoms with van der Waals surface area (Å²) in [5, 5.41) is 0.764. The molecule has 5 heteroatoms. The molecule has 0 saturated carbocycles. The van der Waals surface area contributed by atoms with E-state index in [1.54, 1.807) is 25.3 Å². The Labute approximate surface area is 92.3 Å². The highest BCUT2D eigenvalue weighted by Gasteiger charge is 2.11. The summed E-state index contributed by atoms with van der Waals surface area (Å²) in [5.74, 6) is 0.568. The highest BCUT2D eigenvalue weighted by atomic mass is 16.5. The number of hydrogen-bond donors (Lipinski definition) is 1. The van der Waals surface area contributed by atoms with Gasteiger partial charge in [0.25, 0.3) is 5.91 Å². The van der Waals surface area contributed by atoms with Gasteiger partial charge in [0.05, 0.1) is 18.2 Å². The van der Waals surface area contributed by atoms with Crippen molar-refractivity contribution in [1.82, 2.24) is 9.97 Å². The fraction of sp³-hybridized carbons (Fsp3) is 0.182. The fourth-order valence-corrected chi connectivity index (χ4v) is 1.51. The van der Waals surface area contributed by atoms with Gasteiger partial charge in [0.1, 0.15) is 11.6 Å². The molecule has 0 radical (unpaired) electrons. The lowest BCUT2D eigenvalue weighted by atomic mass is 10.1. The smallest absolute Gasteiger partial charge is 0.252 e. The Morgan fingerprint density at radius 2 is 2.19 bits per heavy atom.